The number of hydrogen-bond acceptors (Lipinski definition) is 4. The fourth-order valence-corrected chi connectivity index (χ4v) is 4.19. The number of ether oxygens (including phenoxy) is 1. The minimum atomic E-state index is 0.180. The van der Waals surface area contributed by atoms with Gasteiger partial charge < -0.3 is 19.9 Å². The lowest BCUT2D eigenvalue weighted by atomic mass is 10.1. The standard InChI is InChI=1S/C29H45N3O2/c1-6-27(17-18-28(7-2)34-24(3)4)30-19-22-31(5)23-25-13-12-14-26(16-15-25)29(33)32-20-10-8-9-11-21-32/h6-7,12-14,16-17,24,30H,1,8-11,15,18-23H2,2-5H3/b27-17+,28-7+. The first kappa shape index (κ1) is 27.7. The van der Waals surface area contributed by atoms with Crippen molar-refractivity contribution in [2.24, 2.45) is 0 Å². The lowest BCUT2D eigenvalue weighted by molar-refractivity contribution is -0.126. The van der Waals surface area contributed by atoms with E-state index in [2.05, 4.69) is 42.1 Å². The summed E-state index contributed by atoms with van der Waals surface area (Å²) in [4.78, 5) is 17.3. The summed E-state index contributed by atoms with van der Waals surface area (Å²) < 4.78 is 5.80. The minimum Gasteiger partial charge on any atom is -0.495 e. The first-order valence-corrected chi connectivity index (χ1v) is 12.8. The molecule has 1 saturated heterocycles. The van der Waals surface area contributed by atoms with Crippen LogP contribution in [0.25, 0.3) is 0 Å². The van der Waals surface area contributed by atoms with Gasteiger partial charge in [0, 0.05) is 50.4 Å². The van der Waals surface area contributed by atoms with Gasteiger partial charge in [-0.15, -0.1) is 0 Å². The molecule has 2 rings (SSSR count). The van der Waals surface area contributed by atoms with E-state index in [1.165, 1.54) is 18.4 Å². The molecule has 0 radical (unpaired) electrons. The number of hydrogen-bond donors (Lipinski definition) is 1. The van der Waals surface area contributed by atoms with Gasteiger partial charge in [0.05, 0.1) is 11.9 Å². The van der Waals surface area contributed by atoms with Crippen LogP contribution in [0.2, 0.25) is 0 Å². The van der Waals surface area contributed by atoms with Gasteiger partial charge in [-0.25, -0.2) is 0 Å². The maximum absolute atomic E-state index is 12.9. The third-order valence-electron chi connectivity index (χ3n) is 6.08. The molecule has 188 valence electrons. The van der Waals surface area contributed by atoms with E-state index in [9.17, 15) is 4.79 Å². The maximum Gasteiger partial charge on any atom is 0.253 e. The van der Waals surface area contributed by atoms with Gasteiger partial charge in [-0.1, -0.05) is 49.3 Å². The Morgan fingerprint density at radius 3 is 2.65 bits per heavy atom. The Kier molecular flexibility index (Phi) is 12.5. The number of nitrogens with zero attached hydrogens (tertiary/aromatic N) is 2. The molecular formula is C29H45N3O2. The molecule has 1 aliphatic carbocycles. The van der Waals surface area contributed by atoms with Crippen LogP contribution in [0, 0.1) is 0 Å². The highest BCUT2D eigenvalue weighted by Crippen LogP contribution is 2.18. The van der Waals surface area contributed by atoms with Crippen LogP contribution in [-0.4, -0.2) is 61.6 Å². The summed E-state index contributed by atoms with van der Waals surface area (Å²) in [5.74, 6) is 1.16. The second-order valence-corrected chi connectivity index (χ2v) is 9.41. The molecule has 5 nitrogen and oxygen atoms in total. The van der Waals surface area contributed by atoms with E-state index >= 15 is 0 Å². The van der Waals surface area contributed by atoms with Gasteiger partial charge in [0.2, 0.25) is 0 Å². The van der Waals surface area contributed by atoms with E-state index in [1.807, 2.05) is 50.0 Å². The third-order valence-corrected chi connectivity index (χ3v) is 6.08. The average Bonchev–Trinajstić information content (AvgIpc) is 3.23. The Morgan fingerprint density at radius 1 is 1.26 bits per heavy atom. The predicted molar refractivity (Wildman–Crippen MR) is 143 cm³/mol. The van der Waals surface area contributed by atoms with Gasteiger partial charge in [0.1, 0.15) is 0 Å². The zero-order chi connectivity index (χ0) is 24.8. The summed E-state index contributed by atoms with van der Waals surface area (Å²) in [5, 5.41) is 3.47. The molecule has 0 unspecified atom stereocenters. The third kappa shape index (κ3) is 10.2. The Bertz CT molecular complexity index is 809. The second kappa shape index (κ2) is 15.4. The molecule has 0 bridgehead atoms. The van der Waals surface area contributed by atoms with Crippen molar-refractivity contribution in [3.8, 4) is 0 Å². The number of amides is 1. The first-order chi connectivity index (χ1) is 16.4. The van der Waals surface area contributed by atoms with E-state index in [0.29, 0.717) is 0 Å². The smallest absolute Gasteiger partial charge is 0.253 e. The monoisotopic (exact) mass is 467 g/mol. The molecular weight excluding hydrogens is 422 g/mol. The largest absolute Gasteiger partial charge is 0.495 e. The van der Waals surface area contributed by atoms with E-state index in [4.69, 9.17) is 4.74 Å². The quantitative estimate of drug-likeness (QED) is 0.304. The molecule has 0 saturated carbocycles. The summed E-state index contributed by atoms with van der Waals surface area (Å²) in [6.07, 6.45) is 20.7. The summed E-state index contributed by atoms with van der Waals surface area (Å²) in [6, 6.07) is 0. The number of likely N-dealkylation sites (tertiary alicyclic amines) is 1. The molecule has 0 aromatic carbocycles. The van der Waals surface area contributed by atoms with Crippen LogP contribution in [0.3, 0.4) is 0 Å². The van der Waals surface area contributed by atoms with Crippen molar-refractivity contribution in [1.29, 1.82) is 0 Å². The van der Waals surface area contributed by atoms with Crippen LogP contribution in [0.15, 0.2) is 71.7 Å². The average molecular weight is 468 g/mol. The number of likely N-dealkylation sites (N-methyl/N-ethyl adjacent to an activating group) is 1. The van der Waals surface area contributed by atoms with Gasteiger partial charge in [-0.2, -0.15) is 0 Å². The maximum atomic E-state index is 12.9. The van der Waals surface area contributed by atoms with Crippen LogP contribution in [0.5, 0.6) is 0 Å². The van der Waals surface area contributed by atoms with Gasteiger partial charge >= 0.3 is 0 Å². The lowest BCUT2D eigenvalue weighted by Gasteiger charge is -2.21. The van der Waals surface area contributed by atoms with Gasteiger partial charge in [0.25, 0.3) is 5.91 Å². The van der Waals surface area contributed by atoms with E-state index in [-0.39, 0.29) is 12.0 Å². The highest BCUT2D eigenvalue weighted by molar-refractivity contribution is 5.96. The summed E-state index contributed by atoms with van der Waals surface area (Å²) in [5.41, 5.74) is 3.18. The fraction of sp³-hybridized carbons (Fsp3) is 0.552. The lowest BCUT2D eigenvalue weighted by Crippen LogP contribution is -2.32. The highest BCUT2D eigenvalue weighted by atomic mass is 16.5. The number of rotatable bonds is 12. The molecule has 5 heteroatoms. The van der Waals surface area contributed by atoms with Crippen molar-refractivity contribution in [2.45, 2.75) is 65.4 Å². The van der Waals surface area contributed by atoms with Crippen LogP contribution in [-0.2, 0) is 9.53 Å². The minimum absolute atomic E-state index is 0.180. The van der Waals surface area contributed by atoms with Gasteiger partial charge in [0.15, 0.2) is 0 Å². The predicted octanol–water partition coefficient (Wildman–Crippen LogP) is 5.51. The summed E-state index contributed by atoms with van der Waals surface area (Å²) in [6.45, 7) is 14.4. The topological polar surface area (TPSA) is 44.8 Å². The molecule has 0 atom stereocenters. The van der Waals surface area contributed by atoms with Crippen molar-refractivity contribution in [1.82, 2.24) is 15.1 Å². The van der Waals surface area contributed by atoms with Gasteiger partial charge in [-0.3, -0.25) is 4.79 Å². The SMILES string of the molecule is C=C/C(=C\C/C(=C\C)OC(C)C)NCCN(C)CC1=CC=CC(C(=O)N2CCCCCC2)=CC1. The van der Waals surface area contributed by atoms with Crippen LogP contribution >= 0.6 is 0 Å². The molecule has 1 amide bonds. The summed E-state index contributed by atoms with van der Waals surface area (Å²) in [7, 11) is 2.13. The van der Waals surface area contributed by atoms with Crippen molar-refractivity contribution in [3.05, 3.63) is 71.7 Å². The van der Waals surface area contributed by atoms with Crippen molar-refractivity contribution in [3.63, 3.8) is 0 Å². The van der Waals surface area contributed by atoms with Gasteiger partial charge in [-0.05, 0) is 65.3 Å². The molecule has 0 aromatic rings. The number of allylic oxidation sites excluding steroid dienone is 6. The Balaban J connectivity index is 1.78. The number of carbonyl (C=O) groups excluding carboxylic acids is 1. The molecule has 1 N–H and O–H groups in total. The Hall–Kier alpha value is -2.53. The first-order valence-electron chi connectivity index (χ1n) is 12.8. The Morgan fingerprint density at radius 2 is 2.00 bits per heavy atom. The second-order valence-electron chi connectivity index (χ2n) is 9.41. The number of carbonyl (C=O) groups is 1. The van der Waals surface area contributed by atoms with Crippen molar-refractivity contribution < 1.29 is 9.53 Å². The van der Waals surface area contributed by atoms with E-state index < -0.39 is 0 Å². The van der Waals surface area contributed by atoms with Crippen LogP contribution < -0.4 is 5.32 Å². The molecule has 0 aromatic heterocycles. The zero-order valence-corrected chi connectivity index (χ0v) is 21.8. The van der Waals surface area contributed by atoms with Crippen molar-refractivity contribution in [2.75, 3.05) is 39.8 Å². The Labute approximate surface area is 207 Å². The highest BCUT2D eigenvalue weighted by Gasteiger charge is 2.18. The molecule has 1 heterocycles. The molecule has 0 spiro atoms. The zero-order valence-electron chi connectivity index (χ0n) is 21.8. The molecule has 34 heavy (non-hydrogen) atoms. The molecule has 1 aliphatic heterocycles. The van der Waals surface area contributed by atoms with E-state index in [0.717, 1.165) is 75.4 Å². The van der Waals surface area contributed by atoms with Crippen LogP contribution in [0.4, 0.5) is 0 Å². The van der Waals surface area contributed by atoms with E-state index in [1.54, 1.807) is 0 Å². The van der Waals surface area contributed by atoms with Crippen molar-refractivity contribution >= 4 is 5.91 Å². The molecule has 1 fully saturated rings. The number of nitrogens with one attached hydrogen (secondary N) is 1. The molecule has 2 aliphatic rings. The summed E-state index contributed by atoms with van der Waals surface area (Å²) >= 11 is 0. The van der Waals surface area contributed by atoms with Crippen LogP contribution in [0.1, 0.15) is 59.3 Å². The fourth-order valence-electron chi connectivity index (χ4n) is 4.19. The normalized spacial score (nSPS) is 17.8.